The quantitative estimate of drug-likeness (QED) is 0.397. The summed E-state index contributed by atoms with van der Waals surface area (Å²) < 4.78 is 6.41. The monoisotopic (exact) mass is 384 g/mol. The predicted molar refractivity (Wildman–Crippen MR) is 117 cm³/mol. The number of phenols is 2. The lowest BCUT2D eigenvalue weighted by Crippen LogP contribution is -2.30. The van der Waals surface area contributed by atoms with E-state index in [-0.39, 0.29) is 16.9 Å². The van der Waals surface area contributed by atoms with Gasteiger partial charge in [0, 0.05) is 16.5 Å². The fourth-order valence-electron chi connectivity index (χ4n) is 5.17. The van der Waals surface area contributed by atoms with Crippen LogP contribution in [0, 0.1) is 5.92 Å². The van der Waals surface area contributed by atoms with E-state index in [4.69, 9.17) is 4.74 Å². The lowest BCUT2D eigenvalue weighted by Gasteiger charge is -2.40. The second kappa shape index (κ2) is 6.15. The SMILES string of the molecule is CC(C)CC1(C)c2c(ccc3cc(O)ccc23)Oc2ccc3cc(O)ccc3c21. The zero-order valence-corrected chi connectivity index (χ0v) is 16.9. The number of ether oxygens (including phenoxy) is 1. The molecule has 3 heteroatoms. The zero-order chi connectivity index (χ0) is 20.3. The Morgan fingerprint density at radius 2 is 1.24 bits per heavy atom. The van der Waals surface area contributed by atoms with Crippen molar-refractivity contribution in [2.45, 2.75) is 32.6 Å². The molecule has 1 aliphatic rings. The van der Waals surface area contributed by atoms with Crippen LogP contribution in [0.2, 0.25) is 0 Å². The maximum atomic E-state index is 9.98. The molecule has 29 heavy (non-hydrogen) atoms. The van der Waals surface area contributed by atoms with Gasteiger partial charge in [0.2, 0.25) is 0 Å². The van der Waals surface area contributed by atoms with Crippen LogP contribution in [0.25, 0.3) is 21.5 Å². The van der Waals surface area contributed by atoms with Crippen LogP contribution in [0.5, 0.6) is 23.0 Å². The minimum atomic E-state index is -0.274. The normalized spacial score (nSPS) is 14.6. The van der Waals surface area contributed by atoms with Crippen LogP contribution < -0.4 is 4.74 Å². The molecular formula is C26H24O3. The maximum Gasteiger partial charge on any atom is 0.132 e. The highest BCUT2D eigenvalue weighted by molar-refractivity contribution is 5.96. The van der Waals surface area contributed by atoms with Crippen LogP contribution in [-0.4, -0.2) is 10.2 Å². The van der Waals surface area contributed by atoms with Crippen LogP contribution >= 0.6 is 0 Å². The van der Waals surface area contributed by atoms with Crippen molar-refractivity contribution in [3.63, 3.8) is 0 Å². The first-order chi connectivity index (χ1) is 13.9. The number of hydrogen-bond donors (Lipinski definition) is 2. The Morgan fingerprint density at radius 3 is 1.69 bits per heavy atom. The second-order valence-corrected chi connectivity index (χ2v) is 8.72. The van der Waals surface area contributed by atoms with Gasteiger partial charge in [0.15, 0.2) is 0 Å². The molecule has 0 amide bonds. The Kier molecular flexibility index (Phi) is 3.79. The highest BCUT2D eigenvalue weighted by atomic mass is 16.5. The highest BCUT2D eigenvalue weighted by Gasteiger charge is 2.41. The predicted octanol–water partition coefficient (Wildman–Crippen LogP) is 6.86. The first-order valence-electron chi connectivity index (χ1n) is 10.1. The fourth-order valence-corrected chi connectivity index (χ4v) is 5.17. The van der Waals surface area contributed by atoms with Crippen molar-refractivity contribution >= 4 is 21.5 Å². The van der Waals surface area contributed by atoms with E-state index in [2.05, 4.69) is 20.8 Å². The number of hydrogen-bond acceptors (Lipinski definition) is 3. The Labute approximate surface area is 170 Å². The van der Waals surface area contributed by atoms with E-state index in [0.717, 1.165) is 50.6 Å². The molecule has 0 aromatic heterocycles. The first kappa shape index (κ1) is 17.9. The Hall–Kier alpha value is -3.20. The van der Waals surface area contributed by atoms with Crippen molar-refractivity contribution in [3.8, 4) is 23.0 Å². The molecule has 4 aromatic rings. The van der Waals surface area contributed by atoms with Crippen molar-refractivity contribution in [1.82, 2.24) is 0 Å². The summed E-state index contributed by atoms with van der Waals surface area (Å²) in [7, 11) is 0. The van der Waals surface area contributed by atoms with E-state index in [9.17, 15) is 10.2 Å². The molecule has 0 spiro atoms. The molecule has 0 radical (unpaired) electrons. The molecule has 5 rings (SSSR count). The van der Waals surface area contributed by atoms with E-state index in [1.54, 1.807) is 12.1 Å². The topological polar surface area (TPSA) is 49.7 Å². The molecular weight excluding hydrogens is 360 g/mol. The molecule has 146 valence electrons. The molecule has 1 aliphatic heterocycles. The summed E-state index contributed by atoms with van der Waals surface area (Å²) in [6.45, 7) is 6.79. The largest absolute Gasteiger partial charge is 0.508 e. The lowest BCUT2D eigenvalue weighted by molar-refractivity contribution is 0.366. The van der Waals surface area contributed by atoms with Gasteiger partial charge >= 0.3 is 0 Å². The third-order valence-electron chi connectivity index (χ3n) is 6.07. The van der Waals surface area contributed by atoms with Crippen molar-refractivity contribution < 1.29 is 14.9 Å². The fraction of sp³-hybridized carbons (Fsp3) is 0.231. The van der Waals surface area contributed by atoms with Crippen LogP contribution in [0.1, 0.15) is 38.3 Å². The minimum Gasteiger partial charge on any atom is -0.508 e. The van der Waals surface area contributed by atoms with Crippen molar-refractivity contribution in [3.05, 3.63) is 71.8 Å². The number of aromatic hydroxyl groups is 2. The molecule has 0 saturated heterocycles. The number of benzene rings is 4. The summed E-state index contributed by atoms with van der Waals surface area (Å²) in [5, 5.41) is 24.2. The number of fused-ring (bicyclic) bond motifs is 6. The van der Waals surface area contributed by atoms with E-state index < -0.39 is 0 Å². The molecule has 0 bridgehead atoms. The summed E-state index contributed by atoms with van der Waals surface area (Å²) in [5.74, 6) is 2.75. The number of rotatable bonds is 2. The average Bonchev–Trinajstić information content (AvgIpc) is 2.66. The van der Waals surface area contributed by atoms with E-state index in [1.165, 1.54) is 0 Å². The van der Waals surface area contributed by atoms with Crippen molar-refractivity contribution in [1.29, 1.82) is 0 Å². The molecule has 4 aromatic carbocycles. The molecule has 0 aliphatic carbocycles. The average molecular weight is 384 g/mol. The third-order valence-corrected chi connectivity index (χ3v) is 6.07. The van der Waals surface area contributed by atoms with Gasteiger partial charge in [-0.1, -0.05) is 45.0 Å². The van der Waals surface area contributed by atoms with Gasteiger partial charge in [-0.3, -0.25) is 0 Å². The van der Waals surface area contributed by atoms with Crippen LogP contribution in [0.3, 0.4) is 0 Å². The highest BCUT2D eigenvalue weighted by Crippen LogP contribution is 2.55. The zero-order valence-electron chi connectivity index (χ0n) is 16.9. The minimum absolute atomic E-state index is 0.265. The Balaban J connectivity index is 1.90. The molecule has 2 N–H and O–H groups in total. The molecule has 1 heterocycles. The lowest BCUT2D eigenvalue weighted by atomic mass is 9.67. The summed E-state index contributed by atoms with van der Waals surface area (Å²) in [5.41, 5.74) is 2.05. The van der Waals surface area contributed by atoms with Gasteiger partial charge in [-0.05, 0) is 70.3 Å². The van der Waals surface area contributed by atoms with E-state index in [0.29, 0.717) is 5.92 Å². The van der Waals surface area contributed by atoms with Gasteiger partial charge in [0.05, 0.1) is 0 Å². The van der Waals surface area contributed by atoms with Crippen LogP contribution in [-0.2, 0) is 5.41 Å². The third kappa shape index (κ3) is 2.65. The van der Waals surface area contributed by atoms with Crippen molar-refractivity contribution in [2.24, 2.45) is 5.92 Å². The van der Waals surface area contributed by atoms with Gasteiger partial charge in [0.25, 0.3) is 0 Å². The smallest absolute Gasteiger partial charge is 0.132 e. The van der Waals surface area contributed by atoms with Gasteiger partial charge in [-0.25, -0.2) is 0 Å². The van der Waals surface area contributed by atoms with Gasteiger partial charge in [-0.15, -0.1) is 0 Å². The number of phenolic OH excluding ortho intramolecular Hbond substituents is 2. The van der Waals surface area contributed by atoms with Crippen molar-refractivity contribution in [2.75, 3.05) is 0 Å². The molecule has 0 saturated carbocycles. The van der Waals surface area contributed by atoms with E-state index >= 15 is 0 Å². The summed E-state index contributed by atoms with van der Waals surface area (Å²) >= 11 is 0. The molecule has 0 unspecified atom stereocenters. The van der Waals surface area contributed by atoms with E-state index in [1.807, 2.05) is 48.5 Å². The van der Waals surface area contributed by atoms with Gasteiger partial charge in [-0.2, -0.15) is 0 Å². The standard InChI is InChI=1S/C26H24O3/c1-15(2)14-26(3)24-20-8-6-18(27)12-16(20)4-10-22(24)29-23-11-5-17-13-19(28)7-9-21(17)25(23)26/h4-13,15,27-28H,14H2,1-3H3. The summed E-state index contributed by atoms with van der Waals surface area (Å²) in [6, 6.07) is 19.1. The summed E-state index contributed by atoms with van der Waals surface area (Å²) in [6.07, 6.45) is 0.955. The first-order valence-corrected chi connectivity index (χ1v) is 10.1. The van der Waals surface area contributed by atoms with Gasteiger partial charge in [0.1, 0.15) is 23.0 Å². The molecule has 0 fully saturated rings. The van der Waals surface area contributed by atoms with Crippen LogP contribution in [0.15, 0.2) is 60.7 Å². The van der Waals surface area contributed by atoms with Crippen LogP contribution in [0.4, 0.5) is 0 Å². The molecule has 3 nitrogen and oxygen atoms in total. The van der Waals surface area contributed by atoms with Gasteiger partial charge < -0.3 is 14.9 Å². The summed E-state index contributed by atoms with van der Waals surface area (Å²) in [4.78, 5) is 0. The second-order valence-electron chi connectivity index (χ2n) is 8.72. The Morgan fingerprint density at radius 1 is 0.759 bits per heavy atom. The molecule has 0 atom stereocenters. The maximum absolute atomic E-state index is 9.98. The Bertz CT molecular complexity index is 1180.